The summed E-state index contributed by atoms with van der Waals surface area (Å²) in [6.45, 7) is 10.3. The number of hydrogen-bond acceptors (Lipinski definition) is 5. The SMILES string of the molecule is CCNC(=NCCc1nc(CC)c(C)s1)N1CCOC(c2cnn(C)c2)C1.I. The summed E-state index contributed by atoms with van der Waals surface area (Å²) in [7, 11) is 1.93. The number of thiazole rings is 1. The largest absolute Gasteiger partial charge is 0.370 e. The Balaban J connectivity index is 0.00000280. The minimum Gasteiger partial charge on any atom is -0.370 e. The Morgan fingerprint density at radius 2 is 2.25 bits per heavy atom. The van der Waals surface area contributed by atoms with Gasteiger partial charge >= 0.3 is 0 Å². The van der Waals surface area contributed by atoms with Gasteiger partial charge in [-0.3, -0.25) is 9.67 Å². The molecule has 1 unspecified atom stereocenters. The van der Waals surface area contributed by atoms with E-state index in [-0.39, 0.29) is 30.1 Å². The number of guanidine groups is 1. The fourth-order valence-electron chi connectivity index (χ4n) is 3.26. The van der Waals surface area contributed by atoms with Gasteiger partial charge in [-0.2, -0.15) is 5.10 Å². The van der Waals surface area contributed by atoms with E-state index in [1.54, 1.807) is 11.3 Å². The van der Waals surface area contributed by atoms with E-state index in [0.29, 0.717) is 6.61 Å². The maximum Gasteiger partial charge on any atom is 0.194 e. The van der Waals surface area contributed by atoms with Crippen LogP contribution in [0, 0.1) is 6.92 Å². The lowest BCUT2D eigenvalue weighted by atomic mass is 10.1. The van der Waals surface area contributed by atoms with Crippen LogP contribution in [0.15, 0.2) is 17.4 Å². The van der Waals surface area contributed by atoms with Crippen LogP contribution in [0.4, 0.5) is 0 Å². The Morgan fingerprint density at radius 1 is 1.43 bits per heavy atom. The van der Waals surface area contributed by atoms with Gasteiger partial charge in [-0.1, -0.05) is 6.92 Å². The van der Waals surface area contributed by atoms with Crippen LogP contribution in [0.25, 0.3) is 0 Å². The molecule has 2 aromatic heterocycles. The van der Waals surface area contributed by atoms with Crippen molar-refractivity contribution in [1.29, 1.82) is 0 Å². The number of nitrogens with zero attached hydrogens (tertiary/aromatic N) is 5. The summed E-state index contributed by atoms with van der Waals surface area (Å²) in [6.07, 6.45) is 5.82. The van der Waals surface area contributed by atoms with Crippen LogP contribution in [0.2, 0.25) is 0 Å². The fourth-order valence-corrected chi connectivity index (χ4v) is 4.27. The lowest BCUT2D eigenvalue weighted by molar-refractivity contribution is -0.00803. The summed E-state index contributed by atoms with van der Waals surface area (Å²) in [5.74, 6) is 0.957. The van der Waals surface area contributed by atoms with Gasteiger partial charge in [-0.25, -0.2) is 4.98 Å². The molecule has 3 rings (SSSR count). The van der Waals surface area contributed by atoms with Crippen molar-refractivity contribution in [2.45, 2.75) is 39.7 Å². The molecule has 0 amide bonds. The molecular formula is C19H31IN6OS. The zero-order valence-electron chi connectivity index (χ0n) is 17.1. The highest BCUT2D eigenvalue weighted by atomic mass is 127. The third-order valence-corrected chi connectivity index (χ3v) is 5.73. The summed E-state index contributed by atoms with van der Waals surface area (Å²) >= 11 is 1.80. The molecule has 0 radical (unpaired) electrons. The highest BCUT2D eigenvalue weighted by Gasteiger charge is 2.25. The molecule has 2 aromatic rings. The molecule has 0 aliphatic carbocycles. The van der Waals surface area contributed by atoms with Crippen LogP contribution in [-0.2, 0) is 24.6 Å². The molecule has 1 saturated heterocycles. The number of aryl methyl sites for hydroxylation is 3. The van der Waals surface area contributed by atoms with Crippen LogP contribution >= 0.6 is 35.3 Å². The van der Waals surface area contributed by atoms with Gasteiger partial charge in [0.2, 0.25) is 0 Å². The summed E-state index contributed by atoms with van der Waals surface area (Å²) < 4.78 is 7.77. The average molecular weight is 518 g/mol. The number of morpholine rings is 1. The Bertz CT molecular complexity index is 774. The van der Waals surface area contributed by atoms with E-state index in [1.165, 1.54) is 15.6 Å². The average Bonchev–Trinajstić information content (AvgIpc) is 3.26. The van der Waals surface area contributed by atoms with Crippen LogP contribution in [0.1, 0.15) is 41.1 Å². The van der Waals surface area contributed by atoms with Crippen molar-refractivity contribution >= 4 is 41.3 Å². The van der Waals surface area contributed by atoms with E-state index >= 15 is 0 Å². The standard InChI is InChI=1S/C19H30N6OS.HI/c1-5-16-14(3)27-18(23-16)7-8-21-19(20-6-2)25-9-10-26-17(13-25)15-11-22-24(4)12-15;/h11-12,17H,5-10,13H2,1-4H3,(H,20,21);1H. The van der Waals surface area contributed by atoms with Crippen molar-refractivity contribution in [2.24, 2.45) is 12.0 Å². The number of aliphatic imine (C=N–C) groups is 1. The number of hydrogen-bond donors (Lipinski definition) is 1. The normalized spacial score (nSPS) is 17.5. The molecule has 9 heteroatoms. The van der Waals surface area contributed by atoms with Crippen LogP contribution in [0.5, 0.6) is 0 Å². The molecule has 156 valence electrons. The molecule has 1 aliphatic heterocycles. The van der Waals surface area contributed by atoms with E-state index in [0.717, 1.165) is 50.5 Å². The minimum atomic E-state index is 0. The monoisotopic (exact) mass is 518 g/mol. The van der Waals surface area contributed by atoms with Crippen molar-refractivity contribution in [3.63, 3.8) is 0 Å². The van der Waals surface area contributed by atoms with E-state index in [9.17, 15) is 0 Å². The quantitative estimate of drug-likeness (QED) is 0.362. The summed E-state index contributed by atoms with van der Waals surface area (Å²) in [5, 5.41) is 8.87. The maximum atomic E-state index is 5.95. The summed E-state index contributed by atoms with van der Waals surface area (Å²) in [4.78, 5) is 13.2. The number of aromatic nitrogens is 3. The van der Waals surface area contributed by atoms with Crippen LogP contribution < -0.4 is 5.32 Å². The van der Waals surface area contributed by atoms with E-state index < -0.39 is 0 Å². The third-order valence-electron chi connectivity index (χ3n) is 4.66. The minimum absolute atomic E-state index is 0. The van der Waals surface area contributed by atoms with E-state index in [1.807, 2.05) is 24.1 Å². The first kappa shape index (κ1) is 23.1. The zero-order chi connectivity index (χ0) is 19.2. The van der Waals surface area contributed by atoms with Crippen molar-refractivity contribution in [1.82, 2.24) is 25.0 Å². The number of rotatable bonds is 6. The van der Waals surface area contributed by atoms with E-state index in [2.05, 4.69) is 36.1 Å². The predicted octanol–water partition coefficient (Wildman–Crippen LogP) is 2.95. The molecule has 28 heavy (non-hydrogen) atoms. The molecule has 1 fully saturated rings. The maximum absolute atomic E-state index is 5.95. The number of halogens is 1. The molecule has 0 bridgehead atoms. The Kier molecular flexibility index (Phi) is 9.16. The Labute approximate surface area is 188 Å². The van der Waals surface area contributed by atoms with Gasteiger partial charge in [0, 0.05) is 49.7 Å². The highest BCUT2D eigenvalue weighted by molar-refractivity contribution is 14.0. The first-order valence-corrected chi connectivity index (χ1v) is 10.5. The predicted molar refractivity (Wildman–Crippen MR) is 125 cm³/mol. The number of nitrogens with one attached hydrogen (secondary N) is 1. The van der Waals surface area contributed by atoms with Crippen molar-refractivity contribution in [2.75, 3.05) is 32.8 Å². The summed E-state index contributed by atoms with van der Waals surface area (Å²) in [5.41, 5.74) is 2.33. The molecule has 0 spiro atoms. The topological polar surface area (TPSA) is 67.6 Å². The second-order valence-corrected chi connectivity index (χ2v) is 7.99. The van der Waals surface area contributed by atoms with Gasteiger partial charge in [0.25, 0.3) is 0 Å². The molecule has 0 aromatic carbocycles. The second kappa shape index (κ2) is 11.1. The van der Waals surface area contributed by atoms with E-state index in [4.69, 9.17) is 14.7 Å². The van der Waals surface area contributed by atoms with Crippen LogP contribution in [-0.4, -0.2) is 58.4 Å². The second-order valence-electron chi connectivity index (χ2n) is 6.70. The summed E-state index contributed by atoms with van der Waals surface area (Å²) in [6, 6.07) is 0. The van der Waals surface area contributed by atoms with Crippen molar-refractivity contribution < 1.29 is 4.74 Å². The smallest absolute Gasteiger partial charge is 0.194 e. The lowest BCUT2D eigenvalue weighted by Crippen LogP contribution is -2.48. The molecule has 1 aliphatic rings. The molecule has 1 atom stereocenters. The van der Waals surface area contributed by atoms with Gasteiger partial charge in [-0.05, 0) is 20.3 Å². The molecular weight excluding hydrogens is 487 g/mol. The Hall–Kier alpha value is -1.20. The van der Waals surface area contributed by atoms with Gasteiger partial charge in [0.05, 0.1) is 30.1 Å². The zero-order valence-corrected chi connectivity index (χ0v) is 20.3. The van der Waals surface area contributed by atoms with Gasteiger partial charge in [0.1, 0.15) is 6.10 Å². The molecule has 3 heterocycles. The number of ether oxygens (including phenoxy) is 1. The van der Waals surface area contributed by atoms with Gasteiger partial charge < -0.3 is 15.0 Å². The first-order chi connectivity index (χ1) is 13.1. The molecule has 7 nitrogen and oxygen atoms in total. The fraction of sp³-hybridized carbons (Fsp3) is 0.632. The molecule has 0 saturated carbocycles. The van der Waals surface area contributed by atoms with Gasteiger partial charge in [-0.15, -0.1) is 35.3 Å². The Morgan fingerprint density at radius 3 is 2.89 bits per heavy atom. The molecule has 1 N–H and O–H groups in total. The van der Waals surface area contributed by atoms with Gasteiger partial charge in [0.15, 0.2) is 5.96 Å². The lowest BCUT2D eigenvalue weighted by Gasteiger charge is -2.34. The van der Waals surface area contributed by atoms with Crippen molar-refractivity contribution in [3.8, 4) is 0 Å². The van der Waals surface area contributed by atoms with Crippen molar-refractivity contribution in [3.05, 3.63) is 33.5 Å². The van der Waals surface area contributed by atoms with Crippen LogP contribution in [0.3, 0.4) is 0 Å². The highest BCUT2D eigenvalue weighted by Crippen LogP contribution is 2.22. The first-order valence-electron chi connectivity index (χ1n) is 9.69. The third kappa shape index (κ3) is 5.90.